The summed E-state index contributed by atoms with van der Waals surface area (Å²) in [5.41, 5.74) is 8.35. The number of rotatable bonds is 5. The second kappa shape index (κ2) is 5.56. The highest BCUT2D eigenvalue weighted by Crippen LogP contribution is 2.39. The van der Waals surface area contributed by atoms with E-state index in [1.807, 2.05) is 13.1 Å². The van der Waals surface area contributed by atoms with E-state index in [4.69, 9.17) is 5.73 Å². The highest BCUT2D eigenvalue weighted by Gasteiger charge is 2.22. The van der Waals surface area contributed by atoms with Gasteiger partial charge in [0.15, 0.2) is 0 Å². The molecule has 2 N–H and O–H groups in total. The van der Waals surface area contributed by atoms with Crippen molar-refractivity contribution in [2.45, 2.75) is 25.3 Å². The van der Waals surface area contributed by atoms with Gasteiger partial charge >= 0.3 is 0 Å². The zero-order valence-corrected chi connectivity index (χ0v) is 12.1. The number of primary amides is 1. The Labute approximate surface area is 124 Å². The van der Waals surface area contributed by atoms with Gasteiger partial charge in [-0.25, -0.2) is 4.98 Å². The monoisotopic (exact) mass is 281 g/mol. The van der Waals surface area contributed by atoms with E-state index >= 15 is 0 Å². The summed E-state index contributed by atoms with van der Waals surface area (Å²) in [6, 6.07) is 12.3. The van der Waals surface area contributed by atoms with E-state index in [1.54, 1.807) is 6.07 Å². The molecule has 0 bridgehead atoms. The summed E-state index contributed by atoms with van der Waals surface area (Å²) in [6.45, 7) is 0.786. The zero-order valence-electron chi connectivity index (χ0n) is 12.1. The number of hydrogen-bond donors (Lipinski definition) is 1. The summed E-state index contributed by atoms with van der Waals surface area (Å²) in [5, 5.41) is 0. The summed E-state index contributed by atoms with van der Waals surface area (Å²) in [7, 11) is 1.99. The third kappa shape index (κ3) is 3.21. The van der Waals surface area contributed by atoms with Crippen LogP contribution in [0.2, 0.25) is 0 Å². The third-order valence-corrected chi connectivity index (χ3v) is 3.87. The largest absolute Gasteiger partial charge is 0.366 e. The number of hydrogen-bond acceptors (Lipinski definition) is 3. The average molecular weight is 281 g/mol. The van der Waals surface area contributed by atoms with Crippen molar-refractivity contribution < 1.29 is 4.79 Å². The number of amides is 1. The molecule has 4 nitrogen and oxygen atoms in total. The molecule has 0 saturated heterocycles. The van der Waals surface area contributed by atoms with Gasteiger partial charge in [0.25, 0.3) is 0 Å². The minimum Gasteiger partial charge on any atom is -0.366 e. The minimum atomic E-state index is -0.452. The molecule has 2 aromatic rings. The Morgan fingerprint density at radius 1 is 1.24 bits per heavy atom. The first-order chi connectivity index (χ1) is 10.1. The summed E-state index contributed by atoms with van der Waals surface area (Å²) in [6.07, 6.45) is 4.18. The van der Waals surface area contributed by atoms with Gasteiger partial charge in [-0.2, -0.15) is 0 Å². The van der Waals surface area contributed by atoms with Crippen LogP contribution >= 0.6 is 0 Å². The van der Waals surface area contributed by atoms with Gasteiger partial charge in [-0.05, 0) is 42.0 Å². The molecule has 0 unspecified atom stereocenters. The van der Waals surface area contributed by atoms with Crippen molar-refractivity contribution >= 4 is 11.7 Å². The van der Waals surface area contributed by atoms with Crippen molar-refractivity contribution in [1.29, 1.82) is 0 Å². The fourth-order valence-corrected chi connectivity index (χ4v) is 2.42. The summed E-state index contributed by atoms with van der Waals surface area (Å²) >= 11 is 0. The van der Waals surface area contributed by atoms with E-state index < -0.39 is 5.91 Å². The molecule has 0 radical (unpaired) electrons. The molecule has 1 heterocycles. The molecular formula is C17H19N3O. The Kier molecular flexibility index (Phi) is 3.60. The molecule has 1 aliphatic rings. The van der Waals surface area contributed by atoms with Crippen LogP contribution in [0.5, 0.6) is 0 Å². The van der Waals surface area contributed by atoms with Crippen LogP contribution in [0.25, 0.3) is 0 Å². The normalized spacial score (nSPS) is 14.0. The van der Waals surface area contributed by atoms with Crippen LogP contribution in [0.1, 0.15) is 40.2 Å². The Balaban J connectivity index is 1.67. The van der Waals surface area contributed by atoms with Gasteiger partial charge in [0.05, 0.1) is 5.56 Å². The first kappa shape index (κ1) is 13.6. The lowest BCUT2D eigenvalue weighted by atomic mass is 10.1. The second-order valence-corrected chi connectivity index (χ2v) is 5.64. The van der Waals surface area contributed by atoms with Crippen LogP contribution in [0.3, 0.4) is 0 Å². The molecule has 1 aromatic heterocycles. The van der Waals surface area contributed by atoms with Gasteiger partial charge in [-0.15, -0.1) is 0 Å². The lowest BCUT2D eigenvalue weighted by molar-refractivity contribution is 0.1000. The molecule has 1 saturated carbocycles. The molecule has 0 aliphatic heterocycles. The van der Waals surface area contributed by atoms with Crippen molar-refractivity contribution in [3.63, 3.8) is 0 Å². The molecule has 1 fully saturated rings. The van der Waals surface area contributed by atoms with Gasteiger partial charge < -0.3 is 10.6 Å². The van der Waals surface area contributed by atoms with Gasteiger partial charge in [0.2, 0.25) is 5.91 Å². The molecule has 1 aliphatic carbocycles. The van der Waals surface area contributed by atoms with Crippen LogP contribution < -0.4 is 10.6 Å². The Hall–Kier alpha value is -2.36. The van der Waals surface area contributed by atoms with Crippen LogP contribution in [0, 0.1) is 0 Å². The predicted molar refractivity (Wildman–Crippen MR) is 83.3 cm³/mol. The van der Waals surface area contributed by atoms with Crippen molar-refractivity contribution in [1.82, 2.24) is 4.98 Å². The Morgan fingerprint density at radius 2 is 1.95 bits per heavy atom. The SMILES string of the molecule is CN(Cc1ccc(C2CC2)cc1)c1ccc(C(N)=O)cn1. The highest BCUT2D eigenvalue weighted by atomic mass is 16.1. The molecular weight excluding hydrogens is 262 g/mol. The second-order valence-electron chi connectivity index (χ2n) is 5.64. The summed E-state index contributed by atoms with van der Waals surface area (Å²) in [4.78, 5) is 17.4. The van der Waals surface area contributed by atoms with Crippen LogP contribution in [-0.2, 0) is 6.54 Å². The van der Waals surface area contributed by atoms with Crippen molar-refractivity contribution in [3.8, 4) is 0 Å². The highest BCUT2D eigenvalue weighted by molar-refractivity contribution is 5.92. The number of carbonyl (C=O) groups excluding carboxylic acids is 1. The van der Waals surface area contributed by atoms with Gasteiger partial charge in [-0.3, -0.25) is 4.79 Å². The number of benzene rings is 1. The smallest absolute Gasteiger partial charge is 0.250 e. The lowest BCUT2D eigenvalue weighted by Gasteiger charge is -2.18. The molecule has 3 rings (SSSR count). The molecule has 108 valence electrons. The molecule has 0 atom stereocenters. The first-order valence-corrected chi connectivity index (χ1v) is 7.19. The number of nitrogens with zero attached hydrogens (tertiary/aromatic N) is 2. The predicted octanol–water partition coefficient (Wildman–Crippen LogP) is 2.69. The Bertz CT molecular complexity index is 630. The number of nitrogens with two attached hydrogens (primary N) is 1. The lowest BCUT2D eigenvalue weighted by Crippen LogP contribution is -2.18. The fourth-order valence-electron chi connectivity index (χ4n) is 2.42. The minimum absolute atomic E-state index is 0.431. The number of carbonyl (C=O) groups is 1. The first-order valence-electron chi connectivity index (χ1n) is 7.19. The fraction of sp³-hybridized carbons (Fsp3) is 0.294. The maximum Gasteiger partial charge on any atom is 0.250 e. The van der Waals surface area contributed by atoms with Crippen molar-refractivity contribution in [2.24, 2.45) is 5.73 Å². The number of anilines is 1. The molecule has 1 aromatic carbocycles. The van der Waals surface area contributed by atoms with Gasteiger partial charge in [-0.1, -0.05) is 24.3 Å². The van der Waals surface area contributed by atoms with Crippen molar-refractivity contribution in [3.05, 3.63) is 59.3 Å². The van der Waals surface area contributed by atoms with Gasteiger partial charge in [0.1, 0.15) is 5.82 Å². The zero-order chi connectivity index (χ0) is 14.8. The number of pyridine rings is 1. The summed E-state index contributed by atoms with van der Waals surface area (Å²) < 4.78 is 0. The number of aromatic nitrogens is 1. The van der Waals surface area contributed by atoms with Gasteiger partial charge in [0, 0.05) is 19.8 Å². The maximum absolute atomic E-state index is 11.0. The maximum atomic E-state index is 11.0. The van der Waals surface area contributed by atoms with Crippen molar-refractivity contribution in [2.75, 3.05) is 11.9 Å². The molecule has 4 heteroatoms. The Morgan fingerprint density at radius 3 is 2.48 bits per heavy atom. The van der Waals surface area contributed by atoms with E-state index in [0.29, 0.717) is 5.56 Å². The molecule has 21 heavy (non-hydrogen) atoms. The third-order valence-electron chi connectivity index (χ3n) is 3.87. The molecule has 1 amide bonds. The van der Waals surface area contributed by atoms with Crippen LogP contribution in [0.4, 0.5) is 5.82 Å². The van der Waals surface area contributed by atoms with E-state index in [2.05, 4.69) is 34.1 Å². The quantitative estimate of drug-likeness (QED) is 0.916. The van der Waals surface area contributed by atoms with Crippen LogP contribution in [-0.4, -0.2) is 17.9 Å². The summed E-state index contributed by atoms with van der Waals surface area (Å²) in [5.74, 6) is 1.17. The molecule has 0 spiro atoms. The van der Waals surface area contributed by atoms with Crippen LogP contribution in [0.15, 0.2) is 42.6 Å². The standard InChI is InChI=1S/C17H19N3O/c1-20(16-9-8-15(10-19-16)17(18)21)11-12-2-4-13(5-3-12)14-6-7-14/h2-5,8-10,14H,6-7,11H2,1H3,(H2,18,21). The van der Waals surface area contributed by atoms with E-state index in [0.717, 1.165) is 18.3 Å². The van der Waals surface area contributed by atoms with E-state index in [1.165, 1.54) is 30.2 Å². The average Bonchev–Trinajstić information content (AvgIpc) is 3.33. The topological polar surface area (TPSA) is 59.2 Å². The van der Waals surface area contributed by atoms with E-state index in [9.17, 15) is 4.79 Å². The van der Waals surface area contributed by atoms with E-state index in [-0.39, 0.29) is 0 Å².